The maximum Gasteiger partial charge on any atom is 0.191 e. The van der Waals surface area contributed by atoms with Crippen molar-refractivity contribution in [2.45, 2.75) is 26.1 Å². The molecule has 1 unspecified atom stereocenters. The van der Waals surface area contributed by atoms with Crippen molar-refractivity contribution in [3.8, 4) is 5.75 Å². The Morgan fingerprint density at radius 2 is 1.69 bits per heavy atom. The lowest BCUT2D eigenvalue weighted by atomic mass is 10.0. The molecule has 3 rings (SSSR count). The molecule has 0 aromatic heterocycles. The van der Waals surface area contributed by atoms with E-state index in [2.05, 4.69) is 58.9 Å². The van der Waals surface area contributed by atoms with Gasteiger partial charge >= 0.3 is 0 Å². The largest absolute Gasteiger partial charge is 0.497 e. The van der Waals surface area contributed by atoms with Gasteiger partial charge in [-0.15, -0.1) is 0 Å². The van der Waals surface area contributed by atoms with Gasteiger partial charge < -0.3 is 24.8 Å². The minimum absolute atomic E-state index is 0.224. The first-order chi connectivity index (χ1) is 15.7. The molecule has 1 aliphatic heterocycles. The molecule has 2 aromatic carbocycles. The van der Waals surface area contributed by atoms with E-state index in [1.807, 2.05) is 12.1 Å². The third kappa shape index (κ3) is 7.22. The molecule has 32 heavy (non-hydrogen) atoms. The number of guanidine groups is 1. The second-order valence-electron chi connectivity index (χ2n) is 7.76. The van der Waals surface area contributed by atoms with Crippen molar-refractivity contribution >= 4 is 5.96 Å². The lowest BCUT2D eigenvalue weighted by Gasteiger charge is -2.35. The molecule has 0 amide bonds. The minimum Gasteiger partial charge on any atom is -0.497 e. The van der Waals surface area contributed by atoms with Gasteiger partial charge in [0.15, 0.2) is 5.96 Å². The number of morpholine rings is 1. The normalized spacial score (nSPS) is 15.9. The Kier molecular flexibility index (Phi) is 9.81. The Balaban J connectivity index is 1.68. The third-order valence-corrected chi connectivity index (χ3v) is 5.55. The number of hydrogen-bond donors (Lipinski definition) is 2. The van der Waals surface area contributed by atoms with Gasteiger partial charge in [-0.25, -0.2) is 4.99 Å². The molecule has 7 heteroatoms. The van der Waals surface area contributed by atoms with E-state index in [9.17, 15) is 0 Å². The van der Waals surface area contributed by atoms with Crippen molar-refractivity contribution in [2.75, 3.05) is 53.6 Å². The molecule has 2 N–H and O–H groups in total. The molecule has 1 heterocycles. The van der Waals surface area contributed by atoms with Crippen molar-refractivity contribution < 1.29 is 14.2 Å². The molecule has 7 nitrogen and oxygen atoms in total. The van der Waals surface area contributed by atoms with E-state index in [1.165, 1.54) is 11.1 Å². The zero-order valence-electron chi connectivity index (χ0n) is 19.5. The van der Waals surface area contributed by atoms with Gasteiger partial charge in [0.25, 0.3) is 0 Å². The van der Waals surface area contributed by atoms with Gasteiger partial charge in [0.1, 0.15) is 5.75 Å². The van der Waals surface area contributed by atoms with Crippen molar-refractivity contribution in [3.63, 3.8) is 0 Å². The molecule has 0 saturated carbocycles. The van der Waals surface area contributed by atoms with Gasteiger partial charge in [-0.3, -0.25) is 4.90 Å². The van der Waals surface area contributed by atoms with Crippen LogP contribution in [0.15, 0.2) is 53.5 Å². The summed E-state index contributed by atoms with van der Waals surface area (Å²) in [7, 11) is 3.41. The molecule has 1 aliphatic rings. The maximum absolute atomic E-state index is 5.57. The smallest absolute Gasteiger partial charge is 0.191 e. The van der Waals surface area contributed by atoms with E-state index in [0.717, 1.165) is 56.7 Å². The second-order valence-corrected chi connectivity index (χ2v) is 7.76. The van der Waals surface area contributed by atoms with Crippen LogP contribution in [0.4, 0.5) is 0 Å². The highest BCUT2D eigenvalue weighted by Crippen LogP contribution is 2.23. The lowest BCUT2D eigenvalue weighted by Crippen LogP contribution is -2.46. The Labute approximate surface area is 191 Å². The Bertz CT molecular complexity index is 818. The molecule has 2 aromatic rings. The van der Waals surface area contributed by atoms with Crippen LogP contribution in [0.1, 0.15) is 29.7 Å². The molecule has 174 valence electrons. The average Bonchev–Trinajstić information content (AvgIpc) is 2.84. The van der Waals surface area contributed by atoms with E-state index < -0.39 is 0 Å². The molecule has 0 bridgehead atoms. The van der Waals surface area contributed by atoms with Gasteiger partial charge in [0.05, 0.1) is 39.5 Å². The van der Waals surface area contributed by atoms with Crippen LogP contribution < -0.4 is 15.4 Å². The van der Waals surface area contributed by atoms with Gasteiger partial charge in [0.2, 0.25) is 0 Å². The van der Waals surface area contributed by atoms with Crippen LogP contribution in [0.2, 0.25) is 0 Å². The third-order valence-electron chi connectivity index (χ3n) is 5.55. The van der Waals surface area contributed by atoms with Crippen LogP contribution in [-0.2, 0) is 22.6 Å². The van der Waals surface area contributed by atoms with Crippen LogP contribution in [0, 0.1) is 0 Å². The van der Waals surface area contributed by atoms with Gasteiger partial charge in [-0.2, -0.15) is 0 Å². The number of methoxy groups -OCH3 is 2. The summed E-state index contributed by atoms with van der Waals surface area (Å²) in [4.78, 5) is 7.27. The Hall–Kier alpha value is -2.61. The van der Waals surface area contributed by atoms with E-state index in [-0.39, 0.29) is 6.04 Å². The zero-order valence-corrected chi connectivity index (χ0v) is 19.5. The zero-order chi connectivity index (χ0) is 22.6. The SMILES string of the molecule is CCNC(=NCc1ccc(COC)cc1)NCC(c1ccc(OC)cc1)N1CCOCC1. The van der Waals surface area contributed by atoms with Crippen molar-refractivity contribution in [1.29, 1.82) is 0 Å². The fourth-order valence-corrected chi connectivity index (χ4v) is 3.79. The van der Waals surface area contributed by atoms with Crippen molar-refractivity contribution in [2.24, 2.45) is 4.99 Å². The molecule has 1 atom stereocenters. The van der Waals surface area contributed by atoms with Crippen LogP contribution in [-0.4, -0.2) is 64.5 Å². The summed E-state index contributed by atoms with van der Waals surface area (Å²) >= 11 is 0. The molecule has 1 saturated heterocycles. The first-order valence-electron chi connectivity index (χ1n) is 11.3. The molecular weight excluding hydrogens is 404 g/mol. The van der Waals surface area contributed by atoms with Gasteiger partial charge in [0, 0.05) is 33.3 Å². The van der Waals surface area contributed by atoms with Gasteiger partial charge in [-0.1, -0.05) is 36.4 Å². The number of rotatable bonds is 10. The molecule has 0 spiro atoms. The van der Waals surface area contributed by atoms with Crippen LogP contribution >= 0.6 is 0 Å². The summed E-state index contributed by atoms with van der Waals surface area (Å²) in [6, 6.07) is 17.0. The molecule has 1 fully saturated rings. The standard InChI is InChI=1S/C25H36N4O3/c1-4-26-25(27-17-20-5-7-21(8-6-20)19-30-2)28-18-24(29-13-15-32-16-14-29)22-9-11-23(31-3)12-10-22/h5-12,24H,4,13-19H2,1-3H3,(H2,26,27,28). The number of nitrogens with zero attached hydrogens (tertiary/aromatic N) is 2. The first-order valence-corrected chi connectivity index (χ1v) is 11.3. The number of benzene rings is 2. The molecular formula is C25H36N4O3. The number of hydrogen-bond acceptors (Lipinski definition) is 5. The van der Waals surface area contributed by atoms with E-state index >= 15 is 0 Å². The Morgan fingerprint density at radius 1 is 1.00 bits per heavy atom. The average molecular weight is 441 g/mol. The molecule has 0 aliphatic carbocycles. The summed E-state index contributed by atoms with van der Waals surface area (Å²) in [6.45, 7) is 8.25. The van der Waals surface area contributed by atoms with Gasteiger partial charge in [-0.05, 0) is 35.7 Å². The summed E-state index contributed by atoms with van der Waals surface area (Å²) in [5.74, 6) is 1.69. The monoisotopic (exact) mass is 440 g/mol. The van der Waals surface area contributed by atoms with E-state index in [0.29, 0.717) is 13.2 Å². The quantitative estimate of drug-likeness (QED) is 0.437. The highest BCUT2D eigenvalue weighted by molar-refractivity contribution is 5.79. The van der Waals surface area contributed by atoms with E-state index in [4.69, 9.17) is 19.2 Å². The highest BCUT2D eigenvalue weighted by atomic mass is 16.5. The van der Waals surface area contributed by atoms with Crippen LogP contribution in [0.25, 0.3) is 0 Å². The predicted molar refractivity (Wildman–Crippen MR) is 128 cm³/mol. The minimum atomic E-state index is 0.224. The predicted octanol–water partition coefficient (Wildman–Crippen LogP) is 2.97. The number of ether oxygens (including phenoxy) is 3. The number of aliphatic imine (C=N–C) groups is 1. The fraction of sp³-hybridized carbons (Fsp3) is 0.480. The van der Waals surface area contributed by atoms with Crippen LogP contribution in [0.3, 0.4) is 0 Å². The lowest BCUT2D eigenvalue weighted by molar-refractivity contribution is 0.0170. The summed E-state index contributed by atoms with van der Waals surface area (Å²) < 4.78 is 16.1. The van der Waals surface area contributed by atoms with Crippen LogP contribution in [0.5, 0.6) is 5.75 Å². The number of nitrogens with one attached hydrogen (secondary N) is 2. The second kappa shape index (κ2) is 13.1. The van der Waals surface area contributed by atoms with E-state index in [1.54, 1.807) is 14.2 Å². The highest BCUT2D eigenvalue weighted by Gasteiger charge is 2.23. The summed E-state index contributed by atoms with van der Waals surface area (Å²) in [6.07, 6.45) is 0. The fourth-order valence-electron chi connectivity index (χ4n) is 3.79. The Morgan fingerprint density at radius 3 is 2.31 bits per heavy atom. The maximum atomic E-state index is 5.57. The molecule has 0 radical (unpaired) electrons. The van der Waals surface area contributed by atoms with Crippen molar-refractivity contribution in [3.05, 3.63) is 65.2 Å². The topological polar surface area (TPSA) is 67.4 Å². The van der Waals surface area contributed by atoms with Crippen molar-refractivity contribution in [1.82, 2.24) is 15.5 Å². The summed E-state index contributed by atoms with van der Waals surface area (Å²) in [5, 5.41) is 6.92. The summed E-state index contributed by atoms with van der Waals surface area (Å²) in [5.41, 5.74) is 3.59. The first kappa shape index (κ1) is 24.0.